The summed E-state index contributed by atoms with van der Waals surface area (Å²) in [5, 5.41) is 4.18. The molecule has 1 unspecified atom stereocenters. The monoisotopic (exact) mass is 451 g/mol. The van der Waals surface area contributed by atoms with Gasteiger partial charge in [-0.05, 0) is 12.1 Å². The first-order chi connectivity index (χ1) is 14.7. The molecule has 3 aromatic heterocycles. The summed E-state index contributed by atoms with van der Waals surface area (Å²) in [6, 6.07) is 9.48. The van der Waals surface area contributed by atoms with Gasteiger partial charge in [0.15, 0.2) is 0 Å². The molecule has 0 aliphatic rings. The molecule has 32 heavy (non-hydrogen) atoms. The Labute approximate surface area is 203 Å². The Kier molecular flexibility index (Phi) is 8.59. The van der Waals surface area contributed by atoms with Crippen molar-refractivity contribution in [3.63, 3.8) is 0 Å². The van der Waals surface area contributed by atoms with Crippen LogP contribution in [0.1, 0.15) is 23.5 Å². The molecule has 0 amide bonds. The van der Waals surface area contributed by atoms with Crippen LogP contribution in [0.25, 0.3) is 16.9 Å². The van der Waals surface area contributed by atoms with Gasteiger partial charge in [-0.15, -0.1) is 0 Å². The fourth-order valence-electron chi connectivity index (χ4n) is 2.60. The second-order valence-electron chi connectivity index (χ2n) is 6.46. The first-order valence-corrected chi connectivity index (χ1v) is 9.03. The summed E-state index contributed by atoms with van der Waals surface area (Å²) in [6.07, 6.45) is 0.861. The molecule has 4 aromatic rings. The molecule has 0 fully saturated rings. The maximum absolute atomic E-state index is 12.2. The van der Waals surface area contributed by atoms with Gasteiger partial charge in [0.05, 0.1) is 11.2 Å². The van der Waals surface area contributed by atoms with Crippen molar-refractivity contribution in [2.24, 2.45) is 0 Å². The van der Waals surface area contributed by atoms with Crippen LogP contribution in [0, 0.1) is 19.9 Å². The molecule has 0 aliphatic carbocycles. The predicted molar refractivity (Wildman–Crippen MR) is 108 cm³/mol. The normalized spacial score (nSPS) is 11.9. The van der Waals surface area contributed by atoms with Crippen LogP contribution in [-0.4, -0.2) is 24.6 Å². The average Bonchev–Trinajstić information content (AvgIpc) is 3.21. The molecule has 4 rings (SSSR count). The Morgan fingerprint density at radius 2 is 1.88 bits per heavy atom. The van der Waals surface area contributed by atoms with Gasteiger partial charge in [0, 0.05) is 24.2 Å². The number of H-pyrrole nitrogens is 2. The van der Waals surface area contributed by atoms with E-state index in [-0.39, 0.29) is 41.0 Å². The van der Waals surface area contributed by atoms with E-state index in [1.807, 2.05) is 0 Å². The van der Waals surface area contributed by atoms with E-state index in [2.05, 4.69) is 40.0 Å². The van der Waals surface area contributed by atoms with Crippen LogP contribution in [0.3, 0.4) is 0 Å². The van der Waals surface area contributed by atoms with Gasteiger partial charge in [0.2, 0.25) is 5.56 Å². The number of nitrogens with zero attached hydrogens (tertiary/aromatic N) is 3. The Bertz CT molecular complexity index is 1280. The maximum atomic E-state index is 12.2. The Morgan fingerprint density at radius 3 is 2.47 bits per heavy atom. The summed E-state index contributed by atoms with van der Waals surface area (Å²) in [6.45, 7) is 7.42. The summed E-state index contributed by atoms with van der Waals surface area (Å²) < 4.78 is 38.0. The van der Waals surface area contributed by atoms with Crippen molar-refractivity contribution in [1.82, 2.24) is 24.6 Å². The Morgan fingerprint density at radius 1 is 1.19 bits per heavy atom. The summed E-state index contributed by atoms with van der Waals surface area (Å²) in [4.78, 5) is 31.0. The quantitative estimate of drug-likeness (QED) is 0.349. The topological polar surface area (TPSA) is 95.9 Å². The molecule has 162 valence electrons. The number of nitrogens with one attached hydrogen (secondary N) is 2. The zero-order chi connectivity index (χ0) is 22.6. The SMILES string of the molecule is O=c1[nH]cc(-c2c[c-]c3nccn3n2)c(=O)[nH]1.[CH2-]CC([CH2-])c1ccc(C(F)(F)F)cc1.[Na+]. The van der Waals surface area contributed by atoms with Crippen LogP contribution in [0.15, 0.2) is 58.5 Å². The van der Waals surface area contributed by atoms with Gasteiger partial charge in [-0.1, -0.05) is 23.4 Å². The molecule has 1 aromatic carbocycles. The molecule has 7 nitrogen and oxygen atoms in total. The van der Waals surface area contributed by atoms with Gasteiger partial charge in [0.25, 0.3) is 0 Å². The summed E-state index contributed by atoms with van der Waals surface area (Å²) in [5.74, 6) is -0.0442. The first kappa shape index (κ1) is 25.6. The van der Waals surface area contributed by atoms with Gasteiger partial charge in [-0.25, -0.2) is 23.3 Å². The second-order valence-corrected chi connectivity index (χ2v) is 6.46. The zero-order valence-electron chi connectivity index (χ0n) is 17.1. The summed E-state index contributed by atoms with van der Waals surface area (Å²) >= 11 is 0. The van der Waals surface area contributed by atoms with Crippen LogP contribution in [0.5, 0.6) is 0 Å². The number of alkyl halides is 3. The van der Waals surface area contributed by atoms with Crippen molar-refractivity contribution >= 4 is 5.65 Å². The van der Waals surface area contributed by atoms with Crippen molar-refractivity contribution in [3.05, 3.63) is 101 Å². The number of fused-ring (bicyclic) bond motifs is 1. The van der Waals surface area contributed by atoms with Crippen molar-refractivity contribution in [2.45, 2.75) is 18.5 Å². The molecule has 0 saturated carbocycles. The number of rotatable bonds is 3. The molecule has 0 spiro atoms. The van der Waals surface area contributed by atoms with Gasteiger partial charge in [-0.2, -0.15) is 19.1 Å². The van der Waals surface area contributed by atoms with E-state index < -0.39 is 23.0 Å². The Hall–Kier alpha value is -2.69. The van der Waals surface area contributed by atoms with Crippen molar-refractivity contribution in [2.75, 3.05) is 0 Å². The number of aromatic nitrogens is 5. The Balaban J connectivity index is 0.000000225. The largest absolute Gasteiger partial charge is 1.00 e. The van der Waals surface area contributed by atoms with Crippen molar-refractivity contribution < 1.29 is 42.7 Å². The average molecular weight is 451 g/mol. The number of benzene rings is 1. The number of imidazole rings is 1. The van der Waals surface area contributed by atoms with Crippen LogP contribution < -0.4 is 40.8 Å². The van der Waals surface area contributed by atoms with Gasteiger partial charge in [-0.3, -0.25) is 24.4 Å². The molecule has 0 radical (unpaired) electrons. The third-order valence-electron chi connectivity index (χ3n) is 4.33. The number of hydrogen-bond acceptors (Lipinski definition) is 4. The fourth-order valence-corrected chi connectivity index (χ4v) is 2.60. The standard InChI is InChI=1S/C11H11F3.C10H6N5O2.Na/c1-3-8(2)9-4-6-10(7-5-9)11(12,13)14;16-9-6(5-12-10(17)13-9)7-1-2-8-11-3-4-15(8)14-7;/h4-8H,1-3H2;1,3-5H,(H2,12,13,16,17);/q-2;-1;+1. The molecule has 1 atom stereocenters. The van der Waals surface area contributed by atoms with Crippen LogP contribution in [0.2, 0.25) is 0 Å². The molecule has 11 heteroatoms. The minimum absolute atomic E-state index is 0. The third-order valence-corrected chi connectivity index (χ3v) is 4.33. The van der Waals surface area contributed by atoms with E-state index in [0.717, 1.165) is 17.7 Å². The van der Waals surface area contributed by atoms with Crippen LogP contribution in [0.4, 0.5) is 13.2 Å². The molecular formula is C21H17F3N5NaO2-2. The molecular weight excluding hydrogens is 434 g/mol. The van der Waals surface area contributed by atoms with Gasteiger partial charge < -0.3 is 18.8 Å². The number of aromatic amines is 2. The van der Waals surface area contributed by atoms with E-state index in [9.17, 15) is 22.8 Å². The van der Waals surface area contributed by atoms with Crippen molar-refractivity contribution in [3.8, 4) is 11.3 Å². The van der Waals surface area contributed by atoms with Crippen LogP contribution >= 0.6 is 0 Å². The second kappa shape index (κ2) is 10.8. The summed E-state index contributed by atoms with van der Waals surface area (Å²) in [5.41, 5.74) is 0.366. The van der Waals surface area contributed by atoms with Crippen molar-refractivity contribution in [1.29, 1.82) is 0 Å². The van der Waals surface area contributed by atoms with E-state index in [0.29, 0.717) is 17.8 Å². The summed E-state index contributed by atoms with van der Waals surface area (Å²) in [7, 11) is 0. The zero-order valence-corrected chi connectivity index (χ0v) is 19.1. The van der Waals surface area contributed by atoms with Crippen LogP contribution in [-0.2, 0) is 6.18 Å². The van der Waals surface area contributed by atoms with Gasteiger partial charge >= 0.3 is 41.4 Å². The fraction of sp³-hybridized carbons (Fsp3) is 0.143. The molecule has 0 bridgehead atoms. The molecule has 0 saturated heterocycles. The van der Waals surface area contributed by atoms with E-state index in [1.54, 1.807) is 18.5 Å². The predicted octanol–water partition coefficient (Wildman–Crippen LogP) is 0.424. The first-order valence-electron chi connectivity index (χ1n) is 9.03. The van der Waals surface area contributed by atoms with Gasteiger partial charge in [0.1, 0.15) is 0 Å². The smallest absolute Gasteiger partial charge is 0.345 e. The number of halogens is 3. The third kappa shape index (κ3) is 6.18. The number of hydrogen-bond donors (Lipinski definition) is 2. The minimum Gasteiger partial charge on any atom is -0.345 e. The molecule has 2 N–H and O–H groups in total. The van der Waals surface area contributed by atoms with E-state index in [1.165, 1.54) is 22.8 Å². The minimum atomic E-state index is -4.26. The maximum Gasteiger partial charge on any atom is 1.00 e. The molecule has 0 aliphatic heterocycles. The van der Waals surface area contributed by atoms with E-state index >= 15 is 0 Å². The molecule has 3 heterocycles. The van der Waals surface area contributed by atoms with E-state index in [4.69, 9.17) is 0 Å².